The van der Waals surface area contributed by atoms with Crippen LogP contribution in [0.25, 0.3) is 0 Å². The molecule has 0 rings (SSSR count). The largest absolute Gasteiger partial charge is 0.363 e. The molecule has 0 spiro atoms. The summed E-state index contributed by atoms with van der Waals surface area (Å²) in [5.41, 5.74) is -0.718. The van der Waals surface area contributed by atoms with Crippen LogP contribution < -0.4 is 5.32 Å². The molecule has 0 aromatic heterocycles. The number of likely N-dealkylation sites (N-methyl/N-ethyl adjacent to an activating group) is 1. The predicted molar refractivity (Wildman–Crippen MR) is 49.0 cm³/mol. The van der Waals surface area contributed by atoms with Crippen LogP contribution in [-0.4, -0.2) is 24.7 Å². The molecule has 72 valence electrons. The molecular weight excluding hydrogens is 154 g/mol. The predicted octanol–water partition coefficient (Wildman–Crippen LogP) is 1.33. The summed E-state index contributed by atoms with van der Waals surface area (Å²) in [6.45, 7) is 7.55. The van der Waals surface area contributed by atoms with Gasteiger partial charge in [0.15, 0.2) is 0 Å². The van der Waals surface area contributed by atoms with Gasteiger partial charge in [-0.15, -0.1) is 0 Å². The first kappa shape index (κ1) is 11.4. The Morgan fingerprint density at radius 2 is 2.08 bits per heavy atom. The Morgan fingerprint density at radius 3 is 2.42 bits per heavy atom. The minimum atomic E-state index is -0.718. The quantitative estimate of drug-likeness (QED) is 0.696. The lowest BCUT2D eigenvalue weighted by molar-refractivity contribution is -0.148. The second kappa shape index (κ2) is 4.45. The summed E-state index contributed by atoms with van der Waals surface area (Å²) in [7, 11) is 1.62. The zero-order valence-electron chi connectivity index (χ0n) is 8.60. The highest BCUT2D eigenvalue weighted by molar-refractivity contribution is 5.83. The van der Waals surface area contributed by atoms with Crippen molar-refractivity contribution in [3.63, 3.8) is 0 Å². The first-order valence-electron chi connectivity index (χ1n) is 4.34. The van der Waals surface area contributed by atoms with Crippen molar-refractivity contribution < 1.29 is 9.53 Å². The number of carbonyl (C=O) groups excluding carboxylic acids is 1. The highest BCUT2D eigenvalue weighted by atomic mass is 16.5. The first-order chi connectivity index (χ1) is 5.44. The van der Waals surface area contributed by atoms with Crippen LogP contribution in [0.15, 0.2) is 0 Å². The lowest BCUT2D eigenvalue weighted by Gasteiger charge is -2.26. The molecule has 0 aromatic carbocycles. The zero-order valence-corrected chi connectivity index (χ0v) is 8.60. The van der Waals surface area contributed by atoms with E-state index in [1.165, 1.54) is 0 Å². The molecule has 3 nitrogen and oxygen atoms in total. The monoisotopic (exact) mass is 173 g/mol. The molecule has 0 aliphatic rings. The molecular formula is C9H19NO2. The fraction of sp³-hybridized carbons (Fsp3) is 0.889. The first-order valence-corrected chi connectivity index (χ1v) is 4.34. The number of hydrogen-bond acceptors (Lipinski definition) is 2. The van der Waals surface area contributed by atoms with E-state index in [1.807, 2.05) is 13.8 Å². The zero-order chi connectivity index (χ0) is 9.78. The van der Waals surface area contributed by atoms with Crippen LogP contribution in [0.4, 0.5) is 0 Å². The Morgan fingerprint density at radius 1 is 1.58 bits per heavy atom. The summed E-state index contributed by atoms with van der Waals surface area (Å²) in [6.07, 6.45) is 1.04. The molecule has 0 bridgehead atoms. The van der Waals surface area contributed by atoms with Gasteiger partial charge in [-0.3, -0.25) is 4.79 Å². The van der Waals surface area contributed by atoms with E-state index in [0.29, 0.717) is 0 Å². The molecule has 0 saturated carbocycles. The average molecular weight is 173 g/mol. The van der Waals surface area contributed by atoms with Crippen molar-refractivity contribution in [1.82, 2.24) is 5.32 Å². The standard InChI is InChI=1S/C9H19NO2/c1-6-7(2)12-9(3,4)8(11)10-5/h7H,6H2,1-5H3,(H,10,11). The maximum absolute atomic E-state index is 11.2. The molecule has 1 amide bonds. The van der Waals surface area contributed by atoms with Crippen LogP contribution in [0.5, 0.6) is 0 Å². The minimum Gasteiger partial charge on any atom is -0.363 e. The van der Waals surface area contributed by atoms with Crippen molar-refractivity contribution in [2.45, 2.75) is 45.8 Å². The van der Waals surface area contributed by atoms with Crippen LogP contribution in [0.3, 0.4) is 0 Å². The van der Waals surface area contributed by atoms with Gasteiger partial charge < -0.3 is 10.1 Å². The molecule has 0 saturated heterocycles. The molecule has 1 atom stereocenters. The number of amides is 1. The SMILES string of the molecule is CCC(C)OC(C)(C)C(=O)NC. The Bertz CT molecular complexity index is 155. The molecule has 0 aliphatic heterocycles. The maximum Gasteiger partial charge on any atom is 0.251 e. The highest BCUT2D eigenvalue weighted by Gasteiger charge is 2.28. The topological polar surface area (TPSA) is 38.3 Å². The summed E-state index contributed by atoms with van der Waals surface area (Å²) in [4.78, 5) is 11.2. The van der Waals surface area contributed by atoms with Crippen molar-refractivity contribution in [1.29, 1.82) is 0 Å². The van der Waals surface area contributed by atoms with E-state index in [0.717, 1.165) is 6.42 Å². The Balaban J connectivity index is 4.11. The third-order valence-corrected chi connectivity index (χ3v) is 1.84. The highest BCUT2D eigenvalue weighted by Crippen LogP contribution is 2.13. The second-order valence-corrected chi connectivity index (χ2v) is 3.43. The summed E-state index contributed by atoms with van der Waals surface area (Å²) in [5, 5.41) is 2.57. The van der Waals surface area contributed by atoms with Gasteiger partial charge in [0.05, 0.1) is 6.10 Å². The maximum atomic E-state index is 11.2. The number of hydrogen-bond donors (Lipinski definition) is 1. The number of carbonyl (C=O) groups is 1. The fourth-order valence-electron chi connectivity index (χ4n) is 0.941. The molecule has 1 unspecified atom stereocenters. The van der Waals surface area contributed by atoms with Crippen molar-refractivity contribution >= 4 is 5.91 Å². The van der Waals surface area contributed by atoms with Crippen molar-refractivity contribution in [3.8, 4) is 0 Å². The molecule has 0 heterocycles. The van der Waals surface area contributed by atoms with E-state index in [1.54, 1.807) is 20.9 Å². The van der Waals surface area contributed by atoms with E-state index >= 15 is 0 Å². The smallest absolute Gasteiger partial charge is 0.251 e. The molecule has 3 heteroatoms. The van der Waals surface area contributed by atoms with Gasteiger partial charge in [-0.25, -0.2) is 0 Å². The molecule has 0 radical (unpaired) electrons. The summed E-state index contributed by atoms with van der Waals surface area (Å²) in [6, 6.07) is 0. The van der Waals surface area contributed by atoms with Gasteiger partial charge in [0.2, 0.25) is 0 Å². The summed E-state index contributed by atoms with van der Waals surface area (Å²) < 4.78 is 5.53. The summed E-state index contributed by atoms with van der Waals surface area (Å²) >= 11 is 0. The van der Waals surface area contributed by atoms with Crippen molar-refractivity contribution in [2.24, 2.45) is 0 Å². The normalized spacial score (nSPS) is 14.1. The molecule has 0 aliphatic carbocycles. The Hall–Kier alpha value is -0.570. The van der Waals surface area contributed by atoms with Crippen molar-refractivity contribution in [2.75, 3.05) is 7.05 Å². The Kier molecular flexibility index (Phi) is 4.24. The van der Waals surface area contributed by atoms with E-state index in [2.05, 4.69) is 5.32 Å². The van der Waals surface area contributed by atoms with Crippen LogP contribution in [0, 0.1) is 0 Å². The van der Waals surface area contributed by atoms with Gasteiger partial charge in [-0.2, -0.15) is 0 Å². The second-order valence-electron chi connectivity index (χ2n) is 3.43. The third-order valence-electron chi connectivity index (χ3n) is 1.84. The van der Waals surface area contributed by atoms with Gasteiger partial charge in [0, 0.05) is 7.05 Å². The van der Waals surface area contributed by atoms with Crippen LogP contribution >= 0.6 is 0 Å². The molecule has 0 fully saturated rings. The number of ether oxygens (including phenoxy) is 1. The molecule has 0 aromatic rings. The van der Waals surface area contributed by atoms with Gasteiger partial charge in [0.1, 0.15) is 5.60 Å². The Labute approximate surface area is 74.5 Å². The van der Waals surface area contributed by atoms with Gasteiger partial charge in [-0.1, -0.05) is 6.92 Å². The van der Waals surface area contributed by atoms with E-state index in [9.17, 15) is 4.79 Å². The molecule has 12 heavy (non-hydrogen) atoms. The van der Waals surface area contributed by atoms with Crippen molar-refractivity contribution in [3.05, 3.63) is 0 Å². The van der Waals surface area contributed by atoms with Gasteiger partial charge in [-0.05, 0) is 27.2 Å². The summed E-state index contributed by atoms with van der Waals surface area (Å²) in [5.74, 6) is -0.0807. The molecule has 1 N–H and O–H groups in total. The van der Waals surface area contributed by atoms with Gasteiger partial charge >= 0.3 is 0 Å². The van der Waals surface area contributed by atoms with Crippen LogP contribution in [0.1, 0.15) is 34.1 Å². The lowest BCUT2D eigenvalue weighted by atomic mass is 10.1. The van der Waals surface area contributed by atoms with E-state index in [4.69, 9.17) is 4.74 Å². The lowest BCUT2D eigenvalue weighted by Crippen LogP contribution is -2.44. The number of rotatable bonds is 4. The fourth-order valence-corrected chi connectivity index (χ4v) is 0.941. The van der Waals surface area contributed by atoms with Gasteiger partial charge in [0.25, 0.3) is 5.91 Å². The van der Waals surface area contributed by atoms with E-state index < -0.39 is 5.60 Å². The number of nitrogens with one attached hydrogen (secondary N) is 1. The average Bonchev–Trinajstić information content (AvgIpc) is 2.02. The van der Waals surface area contributed by atoms with Crippen LogP contribution in [-0.2, 0) is 9.53 Å². The minimum absolute atomic E-state index is 0.0807. The van der Waals surface area contributed by atoms with Crippen LogP contribution in [0.2, 0.25) is 0 Å². The third kappa shape index (κ3) is 3.22. The van der Waals surface area contributed by atoms with E-state index in [-0.39, 0.29) is 12.0 Å².